The minimum absolute atomic E-state index is 0.362. The first-order chi connectivity index (χ1) is 15.3. The summed E-state index contributed by atoms with van der Waals surface area (Å²) >= 11 is 0. The van der Waals surface area contributed by atoms with Gasteiger partial charge in [0.15, 0.2) is 11.6 Å². The second kappa shape index (κ2) is 7.12. The van der Waals surface area contributed by atoms with Gasteiger partial charge >= 0.3 is 0 Å². The van der Waals surface area contributed by atoms with Crippen molar-refractivity contribution < 1.29 is 4.39 Å². The molecule has 4 aromatic heterocycles. The summed E-state index contributed by atoms with van der Waals surface area (Å²) in [5.74, 6) is 1.15. The van der Waals surface area contributed by atoms with Crippen molar-refractivity contribution in [1.29, 1.82) is 0 Å². The van der Waals surface area contributed by atoms with E-state index in [1.54, 1.807) is 24.7 Å². The maximum Gasteiger partial charge on any atom is 0.159 e. The Morgan fingerprint density at radius 2 is 1.84 bits per heavy atom. The van der Waals surface area contributed by atoms with Crippen molar-refractivity contribution in [3.05, 3.63) is 48.9 Å². The first-order valence-corrected chi connectivity index (χ1v) is 10.3. The van der Waals surface area contributed by atoms with Crippen molar-refractivity contribution >= 4 is 27.8 Å². The third-order valence-corrected chi connectivity index (χ3v) is 5.78. The fourth-order valence-electron chi connectivity index (χ4n) is 4.25. The molecule has 0 unspecified atom stereocenters. The monoisotopic (exact) mass is 414 g/mol. The van der Waals surface area contributed by atoms with Crippen LogP contribution in [0.3, 0.4) is 0 Å². The highest BCUT2D eigenvalue weighted by atomic mass is 19.1. The quantitative estimate of drug-likeness (QED) is 0.461. The number of piperidine rings is 1. The maximum atomic E-state index is 14.7. The summed E-state index contributed by atoms with van der Waals surface area (Å²) in [6.45, 7) is 1.98. The van der Waals surface area contributed by atoms with Crippen molar-refractivity contribution in [2.75, 3.05) is 18.0 Å². The molecular weight excluding hydrogens is 395 g/mol. The van der Waals surface area contributed by atoms with E-state index in [9.17, 15) is 4.39 Å². The first-order valence-electron chi connectivity index (χ1n) is 10.3. The van der Waals surface area contributed by atoms with Gasteiger partial charge in [0.2, 0.25) is 0 Å². The number of anilines is 1. The molecule has 1 aliphatic rings. The summed E-state index contributed by atoms with van der Waals surface area (Å²) in [6, 6.07) is 5.12. The molecule has 1 fully saturated rings. The lowest BCUT2D eigenvalue weighted by Gasteiger charge is -2.27. The Labute approximate surface area is 176 Å². The molecule has 8 nitrogen and oxygen atoms in total. The van der Waals surface area contributed by atoms with E-state index < -0.39 is 0 Å². The Morgan fingerprint density at radius 1 is 1.00 bits per heavy atom. The number of rotatable bonds is 3. The predicted molar refractivity (Wildman–Crippen MR) is 116 cm³/mol. The number of nitrogens with zero attached hydrogens (tertiary/aromatic N) is 6. The number of halogens is 1. The molecule has 0 aliphatic carbocycles. The standard InChI is InChI=1S/C22H19FN8/c23-16-9-18-15(8-14(16)13-10-24-12-25-11-13)19(30-29-18)21-27-17-4-5-26-22(20(17)28-21)31-6-2-1-3-7-31/h4-5,8-12H,1-3,6-7H2,(H,27,28)(H,29,30). The van der Waals surface area contributed by atoms with Crippen LogP contribution in [0.4, 0.5) is 10.2 Å². The van der Waals surface area contributed by atoms with Gasteiger partial charge in [0, 0.05) is 54.3 Å². The van der Waals surface area contributed by atoms with Crippen LogP contribution in [0.15, 0.2) is 43.1 Å². The minimum atomic E-state index is -0.362. The maximum absolute atomic E-state index is 14.7. The molecule has 31 heavy (non-hydrogen) atoms. The van der Waals surface area contributed by atoms with E-state index in [0.29, 0.717) is 28.2 Å². The summed E-state index contributed by atoms with van der Waals surface area (Å²) in [6.07, 6.45) is 9.99. The summed E-state index contributed by atoms with van der Waals surface area (Å²) in [7, 11) is 0. The molecule has 5 aromatic rings. The summed E-state index contributed by atoms with van der Waals surface area (Å²) < 4.78 is 14.7. The van der Waals surface area contributed by atoms with Crippen LogP contribution in [0.5, 0.6) is 0 Å². The van der Waals surface area contributed by atoms with Crippen molar-refractivity contribution in [2.45, 2.75) is 19.3 Å². The van der Waals surface area contributed by atoms with E-state index in [1.807, 2.05) is 6.07 Å². The van der Waals surface area contributed by atoms with E-state index >= 15 is 0 Å². The number of aromatic amines is 2. The van der Waals surface area contributed by atoms with Crippen LogP contribution < -0.4 is 4.90 Å². The van der Waals surface area contributed by atoms with Crippen LogP contribution in [-0.4, -0.2) is 48.2 Å². The zero-order chi connectivity index (χ0) is 20.8. The largest absolute Gasteiger partial charge is 0.355 e. The fourth-order valence-corrected chi connectivity index (χ4v) is 4.25. The fraction of sp³-hybridized carbons (Fsp3) is 0.227. The second-order valence-corrected chi connectivity index (χ2v) is 7.74. The highest BCUT2D eigenvalue weighted by molar-refractivity contribution is 5.97. The molecule has 9 heteroatoms. The average Bonchev–Trinajstić information content (AvgIpc) is 3.43. The third-order valence-electron chi connectivity index (χ3n) is 5.78. The number of imidazole rings is 1. The molecule has 1 aromatic carbocycles. The van der Waals surface area contributed by atoms with Crippen LogP contribution in [0.25, 0.3) is 44.6 Å². The van der Waals surface area contributed by atoms with Crippen LogP contribution >= 0.6 is 0 Å². The molecule has 1 saturated heterocycles. The van der Waals surface area contributed by atoms with Gasteiger partial charge in [-0.25, -0.2) is 24.3 Å². The highest BCUT2D eigenvalue weighted by Crippen LogP contribution is 2.33. The zero-order valence-corrected chi connectivity index (χ0v) is 16.6. The van der Waals surface area contributed by atoms with Gasteiger partial charge in [0.25, 0.3) is 0 Å². The van der Waals surface area contributed by atoms with Crippen molar-refractivity contribution in [3.8, 4) is 22.6 Å². The van der Waals surface area contributed by atoms with Crippen molar-refractivity contribution in [3.63, 3.8) is 0 Å². The summed E-state index contributed by atoms with van der Waals surface area (Å²) in [5, 5.41) is 8.12. The van der Waals surface area contributed by atoms with Gasteiger partial charge in [-0.3, -0.25) is 5.10 Å². The second-order valence-electron chi connectivity index (χ2n) is 7.74. The van der Waals surface area contributed by atoms with Crippen LogP contribution in [0.2, 0.25) is 0 Å². The number of H-pyrrole nitrogens is 2. The van der Waals surface area contributed by atoms with Crippen LogP contribution in [-0.2, 0) is 0 Å². The highest BCUT2D eigenvalue weighted by Gasteiger charge is 2.20. The number of benzene rings is 1. The normalized spacial score (nSPS) is 14.5. The molecule has 0 radical (unpaired) electrons. The molecule has 5 heterocycles. The number of nitrogens with one attached hydrogen (secondary N) is 2. The van der Waals surface area contributed by atoms with Gasteiger partial charge in [-0.15, -0.1) is 0 Å². The summed E-state index contributed by atoms with van der Waals surface area (Å²) in [5.41, 5.74) is 3.99. The van der Waals surface area contributed by atoms with Crippen molar-refractivity contribution in [1.82, 2.24) is 35.1 Å². The minimum Gasteiger partial charge on any atom is -0.355 e. The predicted octanol–water partition coefficient (Wildman–Crippen LogP) is 4.09. The molecule has 154 valence electrons. The number of pyridine rings is 1. The lowest BCUT2D eigenvalue weighted by molar-refractivity contribution is 0.574. The average molecular weight is 414 g/mol. The number of hydrogen-bond donors (Lipinski definition) is 2. The lowest BCUT2D eigenvalue weighted by Crippen LogP contribution is -2.30. The Kier molecular flexibility index (Phi) is 4.12. The van der Waals surface area contributed by atoms with Gasteiger partial charge in [0.05, 0.1) is 11.0 Å². The zero-order valence-electron chi connectivity index (χ0n) is 16.6. The van der Waals surface area contributed by atoms with E-state index in [2.05, 4.69) is 35.0 Å². The Bertz CT molecular complexity index is 1390. The molecule has 2 N–H and O–H groups in total. The molecule has 1 aliphatic heterocycles. The molecular formula is C22H19FN8. The van der Waals surface area contributed by atoms with Crippen LogP contribution in [0, 0.1) is 5.82 Å². The molecule has 0 amide bonds. The van der Waals surface area contributed by atoms with Gasteiger partial charge < -0.3 is 9.88 Å². The van der Waals surface area contributed by atoms with E-state index in [0.717, 1.165) is 48.2 Å². The van der Waals surface area contributed by atoms with Crippen molar-refractivity contribution in [2.24, 2.45) is 0 Å². The van der Waals surface area contributed by atoms with Gasteiger partial charge in [-0.1, -0.05) is 0 Å². The van der Waals surface area contributed by atoms with Gasteiger partial charge in [-0.2, -0.15) is 5.10 Å². The number of hydrogen-bond acceptors (Lipinski definition) is 6. The molecule has 0 saturated carbocycles. The Balaban J connectivity index is 1.49. The lowest BCUT2D eigenvalue weighted by atomic mass is 10.0. The topological polar surface area (TPSA) is 99.3 Å². The first kappa shape index (κ1) is 17.9. The number of aromatic nitrogens is 7. The Hall–Kier alpha value is -3.88. The number of fused-ring (bicyclic) bond motifs is 2. The van der Waals surface area contributed by atoms with E-state index in [1.165, 1.54) is 18.8 Å². The smallest absolute Gasteiger partial charge is 0.159 e. The summed E-state index contributed by atoms with van der Waals surface area (Å²) in [4.78, 5) is 23.1. The molecule has 0 atom stereocenters. The molecule has 0 spiro atoms. The third kappa shape index (κ3) is 3.00. The van der Waals surface area contributed by atoms with E-state index in [4.69, 9.17) is 4.98 Å². The Morgan fingerprint density at radius 3 is 2.68 bits per heavy atom. The van der Waals surface area contributed by atoms with Gasteiger partial charge in [-0.05, 0) is 31.4 Å². The molecule has 6 rings (SSSR count). The van der Waals surface area contributed by atoms with Gasteiger partial charge in [0.1, 0.15) is 23.4 Å². The van der Waals surface area contributed by atoms with E-state index in [-0.39, 0.29) is 5.82 Å². The van der Waals surface area contributed by atoms with Crippen LogP contribution in [0.1, 0.15) is 19.3 Å². The molecule has 0 bridgehead atoms. The SMILES string of the molecule is Fc1cc2[nH]nc(-c3nc4c(N5CCCCC5)nccc4[nH]3)c2cc1-c1cncnc1.